The van der Waals surface area contributed by atoms with Gasteiger partial charge < -0.3 is 15.2 Å². The molecule has 2 aromatic rings. The maximum atomic E-state index is 12.5. The third kappa shape index (κ3) is 5.97. The van der Waals surface area contributed by atoms with Crippen LogP contribution in [0.2, 0.25) is 0 Å². The van der Waals surface area contributed by atoms with E-state index >= 15 is 0 Å². The number of carbonyl (C=O) groups excluding carboxylic acids is 1. The first-order chi connectivity index (χ1) is 13.2. The number of hydrogen-bond donors (Lipinski definition) is 2. The first-order valence-corrected chi connectivity index (χ1v) is 8.53. The van der Waals surface area contributed by atoms with Gasteiger partial charge in [-0.3, -0.25) is 9.59 Å². The summed E-state index contributed by atoms with van der Waals surface area (Å²) in [4.78, 5) is 26.8. The van der Waals surface area contributed by atoms with Crippen LogP contribution < -0.4 is 10.1 Å². The Morgan fingerprint density at radius 1 is 1.18 bits per heavy atom. The van der Waals surface area contributed by atoms with Gasteiger partial charge in [-0.1, -0.05) is 13.3 Å². The molecule has 150 valence electrons. The Bertz CT molecular complexity index is 805. The number of hydrogen-bond acceptors (Lipinski definition) is 4. The predicted molar refractivity (Wildman–Crippen MR) is 94.1 cm³/mol. The molecule has 0 radical (unpaired) electrons. The molecule has 2 N–H and O–H groups in total. The highest BCUT2D eigenvalue weighted by molar-refractivity contribution is 5.94. The fourth-order valence-electron chi connectivity index (χ4n) is 2.38. The van der Waals surface area contributed by atoms with Crippen LogP contribution in [0.5, 0.6) is 11.6 Å². The minimum atomic E-state index is -4.47. The molecule has 0 fully saturated rings. The van der Waals surface area contributed by atoms with Crippen molar-refractivity contribution in [1.29, 1.82) is 0 Å². The molecule has 0 aliphatic carbocycles. The number of rotatable bonds is 8. The number of aliphatic carboxylic acids is 1. The predicted octanol–water partition coefficient (Wildman–Crippen LogP) is 4.12. The number of alkyl halides is 3. The van der Waals surface area contributed by atoms with Gasteiger partial charge in [-0.05, 0) is 36.8 Å². The maximum Gasteiger partial charge on any atom is 0.417 e. The molecule has 0 aliphatic rings. The van der Waals surface area contributed by atoms with E-state index in [0.717, 1.165) is 12.1 Å². The van der Waals surface area contributed by atoms with E-state index in [9.17, 15) is 22.8 Å². The third-order valence-corrected chi connectivity index (χ3v) is 3.90. The number of aromatic nitrogens is 1. The van der Waals surface area contributed by atoms with Crippen molar-refractivity contribution in [2.45, 2.75) is 25.9 Å². The monoisotopic (exact) mass is 396 g/mol. The first-order valence-electron chi connectivity index (χ1n) is 8.53. The number of pyridine rings is 1. The lowest BCUT2D eigenvalue weighted by Gasteiger charge is -2.12. The lowest BCUT2D eigenvalue weighted by Crippen LogP contribution is -2.32. The van der Waals surface area contributed by atoms with Gasteiger partial charge in [0.2, 0.25) is 5.88 Å². The lowest BCUT2D eigenvalue weighted by atomic mass is 10.0. The van der Waals surface area contributed by atoms with Crippen molar-refractivity contribution in [3.8, 4) is 11.6 Å². The summed E-state index contributed by atoms with van der Waals surface area (Å²) in [5, 5.41) is 11.7. The Kier molecular flexibility index (Phi) is 6.97. The van der Waals surface area contributed by atoms with E-state index in [1.165, 1.54) is 24.3 Å². The molecule has 0 saturated heterocycles. The van der Waals surface area contributed by atoms with Gasteiger partial charge in [0.1, 0.15) is 5.75 Å². The van der Waals surface area contributed by atoms with Crippen molar-refractivity contribution >= 4 is 11.9 Å². The SMILES string of the molecule is CCCC(CNC(=O)c1ccc(Oc2ccc(C(F)(F)F)cn2)cc1)C(=O)O. The van der Waals surface area contributed by atoms with Crippen molar-refractivity contribution in [1.82, 2.24) is 10.3 Å². The van der Waals surface area contributed by atoms with Crippen LogP contribution >= 0.6 is 0 Å². The zero-order valence-corrected chi connectivity index (χ0v) is 15.0. The summed E-state index contributed by atoms with van der Waals surface area (Å²) < 4.78 is 42.9. The summed E-state index contributed by atoms with van der Waals surface area (Å²) in [5.74, 6) is -1.77. The number of ether oxygens (including phenoxy) is 1. The summed E-state index contributed by atoms with van der Waals surface area (Å²) in [6.45, 7) is 1.89. The molecule has 0 aliphatic heterocycles. The van der Waals surface area contributed by atoms with Gasteiger partial charge in [-0.2, -0.15) is 13.2 Å². The molecular formula is C19H19F3N2O4. The van der Waals surface area contributed by atoms with Crippen molar-refractivity contribution < 1.29 is 32.6 Å². The zero-order chi connectivity index (χ0) is 20.7. The molecule has 6 nitrogen and oxygen atoms in total. The number of amides is 1. The van der Waals surface area contributed by atoms with Gasteiger partial charge in [-0.25, -0.2) is 4.98 Å². The Morgan fingerprint density at radius 3 is 2.36 bits per heavy atom. The second kappa shape index (κ2) is 9.20. The van der Waals surface area contributed by atoms with Crippen LogP contribution in [0, 0.1) is 5.92 Å². The van der Waals surface area contributed by atoms with Crippen molar-refractivity contribution in [3.05, 3.63) is 53.7 Å². The summed E-state index contributed by atoms with van der Waals surface area (Å²) >= 11 is 0. The van der Waals surface area contributed by atoms with Gasteiger partial charge >= 0.3 is 12.1 Å². The van der Waals surface area contributed by atoms with Crippen LogP contribution in [0.1, 0.15) is 35.7 Å². The quantitative estimate of drug-likeness (QED) is 0.701. The average Bonchev–Trinajstić information content (AvgIpc) is 2.65. The molecule has 0 saturated carbocycles. The fraction of sp³-hybridized carbons (Fsp3) is 0.316. The average molecular weight is 396 g/mol. The molecule has 9 heteroatoms. The number of nitrogens with one attached hydrogen (secondary N) is 1. The summed E-state index contributed by atoms with van der Waals surface area (Å²) in [7, 11) is 0. The molecule has 1 heterocycles. The highest BCUT2D eigenvalue weighted by atomic mass is 19.4. The van der Waals surface area contributed by atoms with Gasteiger partial charge in [0, 0.05) is 24.4 Å². The van der Waals surface area contributed by atoms with E-state index in [-0.39, 0.29) is 12.4 Å². The molecule has 28 heavy (non-hydrogen) atoms. The number of carboxylic acid groups (broad SMARTS) is 1. The summed E-state index contributed by atoms with van der Waals surface area (Å²) in [6.07, 6.45) is -2.65. The van der Waals surface area contributed by atoms with Crippen LogP contribution in [-0.4, -0.2) is 28.5 Å². The molecule has 1 aromatic carbocycles. The largest absolute Gasteiger partial charge is 0.481 e. The molecule has 1 aromatic heterocycles. The Hall–Kier alpha value is -3.10. The van der Waals surface area contributed by atoms with E-state index in [1.807, 2.05) is 6.92 Å². The lowest BCUT2D eigenvalue weighted by molar-refractivity contribution is -0.141. The van der Waals surface area contributed by atoms with Gasteiger partial charge in [0.15, 0.2) is 0 Å². The van der Waals surface area contributed by atoms with Crippen LogP contribution in [0.3, 0.4) is 0 Å². The van der Waals surface area contributed by atoms with Crippen LogP contribution in [-0.2, 0) is 11.0 Å². The van der Waals surface area contributed by atoms with Gasteiger partial charge in [0.05, 0.1) is 11.5 Å². The van der Waals surface area contributed by atoms with Crippen molar-refractivity contribution in [3.63, 3.8) is 0 Å². The molecule has 1 atom stereocenters. The zero-order valence-electron chi connectivity index (χ0n) is 15.0. The van der Waals surface area contributed by atoms with Crippen molar-refractivity contribution in [2.24, 2.45) is 5.92 Å². The molecule has 1 unspecified atom stereocenters. The standard InChI is InChI=1S/C19H19F3N2O4/c1-2-3-13(18(26)27)10-24-17(25)12-4-7-15(8-5-12)28-16-9-6-14(11-23-16)19(20,21)22/h4-9,11,13H,2-3,10H2,1H3,(H,24,25)(H,26,27). The van der Waals surface area contributed by atoms with E-state index in [1.54, 1.807) is 0 Å². The summed E-state index contributed by atoms with van der Waals surface area (Å²) in [6, 6.07) is 7.82. The van der Waals surface area contributed by atoms with Crippen LogP contribution in [0.4, 0.5) is 13.2 Å². The van der Waals surface area contributed by atoms with Gasteiger partial charge in [0.25, 0.3) is 5.91 Å². The summed E-state index contributed by atoms with van der Waals surface area (Å²) in [5.41, 5.74) is -0.581. The van der Waals surface area contributed by atoms with E-state index in [2.05, 4.69) is 10.3 Å². The number of benzene rings is 1. The second-order valence-corrected chi connectivity index (χ2v) is 6.04. The first kappa shape index (κ1) is 21.2. The third-order valence-electron chi connectivity index (χ3n) is 3.90. The number of carbonyl (C=O) groups is 2. The van der Waals surface area contributed by atoms with Crippen LogP contribution in [0.25, 0.3) is 0 Å². The number of carboxylic acids is 1. The van der Waals surface area contributed by atoms with Crippen LogP contribution in [0.15, 0.2) is 42.6 Å². The number of nitrogens with zero attached hydrogens (tertiary/aromatic N) is 1. The topological polar surface area (TPSA) is 88.5 Å². The molecule has 2 rings (SSSR count). The Labute approximate surface area is 159 Å². The molecular weight excluding hydrogens is 377 g/mol. The second-order valence-electron chi connectivity index (χ2n) is 6.04. The Balaban J connectivity index is 1.95. The molecule has 0 bridgehead atoms. The van der Waals surface area contributed by atoms with E-state index < -0.39 is 29.5 Å². The normalized spacial score (nSPS) is 12.3. The smallest absolute Gasteiger partial charge is 0.417 e. The maximum absolute atomic E-state index is 12.5. The van der Waals surface area contributed by atoms with E-state index in [0.29, 0.717) is 30.4 Å². The fourth-order valence-corrected chi connectivity index (χ4v) is 2.38. The highest BCUT2D eigenvalue weighted by Crippen LogP contribution is 2.30. The van der Waals surface area contributed by atoms with Gasteiger partial charge in [-0.15, -0.1) is 0 Å². The molecule has 1 amide bonds. The Morgan fingerprint density at radius 2 is 1.86 bits per heavy atom. The molecule has 0 spiro atoms. The number of halogens is 3. The minimum Gasteiger partial charge on any atom is -0.481 e. The van der Waals surface area contributed by atoms with E-state index in [4.69, 9.17) is 9.84 Å². The highest BCUT2D eigenvalue weighted by Gasteiger charge is 2.30. The minimum absolute atomic E-state index is 0.0194. The van der Waals surface area contributed by atoms with Crippen molar-refractivity contribution in [2.75, 3.05) is 6.54 Å².